The first-order valence-electron chi connectivity index (χ1n) is 2.78. The van der Waals surface area contributed by atoms with Crippen LogP contribution in [0.5, 0.6) is 0 Å². The maximum Gasteiger partial charge on any atom is 0.300 e. The average molecular weight is 337 g/mol. The molecule has 0 atom stereocenters. The predicted molar refractivity (Wildman–Crippen MR) is 39.9 cm³/mol. The fraction of sp³-hybridized carbons (Fsp3) is 0.500. The first-order chi connectivity index (χ1) is 5.20. The van der Waals surface area contributed by atoms with Crippen LogP contribution in [0.25, 0.3) is 0 Å². The Morgan fingerprint density at radius 1 is 0.692 bits per heavy atom. The molecule has 13 heavy (non-hydrogen) atoms. The summed E-state index contributed by atoms with van der Waals surface area (Å²) in [6.45, 7) is 3.25. The van der Waals surface area contributed by atoms with Crippen LogP contribution in [0.4, 0.5) is 0 Å². The van der Waals surface area contributed by atoms with Crippen molar-refractivity contribution in [3.05, 3.63) is 0 Å². The summed E-state index contributed by atoms with van der Waals surface area (Å²) in [5.41, 5.74) is 0. The van der Waals surface area contributed by atoms with Crippen LogP contribution in [0.2, 0.25) is 0 Å². The second-order valence-electron chi connectivity index (χ2n) is 1.56. The first kappa shape index (κ1) is 23.0. The van der Waals surface area contributed by atoms with Gasteiger partial charge in [-0.05, 0) is 0 Å². The van der Waals surface area contributed by atoms with Crippen LogP contribution < -0.4 is 0 Å². The minimum atomic E-state index is -0.833. The van der Waals surface area contributed by atoms with Crippen LogP contribution in [0.1, 0.15) is 20.8 Å². The van der Waals surface area contributed by atoms with Gasteiger partial charge in [-0.2, -0.15) is 0 Å². The fourth-order valence-corrected chi connectivity index (χ4v) is 0. The molecule has 0 unspecified atom stereocenters. The molecule has 0 aromatic heterocycles. The minimum absolute atomic E-state index is 0. The molecule has 0 heterocycles. The molecule has 7 heteroatoms. The van der Waals surface area contributed by atoms with Crippen molar-refractivity contribution in [1.29, 1.82) is 0 Å². The maximum atomic E-state index is 9.00. The van der Waals surface area contributed by atoms with Crippen molar-refractivity contribution < 1.29 is 69.6 Å². The van der Waals surface area contributed by atoms with E-state index in [1.54, 1.807) is 0 Å². The third-order valence-corrected chi connectivity index (χ3v) is 0. The molecule has 0 spiro atoms. The standard InChI is InChI=1S/3C2H4O2.Gd/c3*1-2(3)4;/h3*1H3,(H,3,4);. The van der Waals surface area contributed by atoms with Crippen molar-refractivity contribution in [3.63, 3.8) is 0 Å². The molecule has 0 aliphatic rings. The van der Waals surface area contributed by atoms with Gasteiger partial charge in [0.1, 0.15) is 0 Å². The second-order valence-corrected chi connectivity index (χ2v) is 1.56. The zero-order chi connectivity index (χ0) is 10.7. The molecule has 0 amide bonds. The van der Waals surface area contributed by atoms with Crippen molar-refractivity contribution in [1.82, 2.24) is 0 Å². The van der Waals surface area contributed by atoms with E-state index >= 15 is 0 Å². The van der Waals surface area contributed by atoms with Gasteiger partial charge in [0.15, 0.2) is 0 Å². The Labute approximate surface area is 108 Å². The quantitative estimate of drug-likeness (QED) is 0.585. The summed E-state index contributed by atoms with van der Waals surface area (Å²) in [4.78, 5) is 27.0. The summed E-state index contributed by atoms with van der Waals surface area (Å²) in [7, 11) is 0. The van der Waals surface area contributed by atoms with Gasteiger partial charge in [0, 0.05) is 60.7 Å². The molecule has 0 bridgehead atoms. The normalized spacial score (nSPS) is 5.77. The predicted octanol–water partition coefficient (Wildman–Crippen LogP) is 0.273. The Balaban J connectivity index is -0.0000000450. The second kappa shape index (κ2) is 17.7. The number of aliphatic carboxylic acids is 3. The van der Waals surface area contributed by atoms with Gasteiger partial charge in [0.2, 0.25) is 0 Å². The van der Waals surface area contributed by atoms with Gasteiger partial charge < -0.3 is 15.3 Å². The monoisotopic (exact) mass is 338 g/mol. The number of carboxylic acids is 3. The molecule has 0 aliphatic heterocycles. The van der Waals surface area contributed by atoms with Crippen LogP contribution in [-0.4, -0.2) is 33.2 Å². The van der Waals surface area contributed by atoms with E-state index in [4.69, 9.17) is 29.7 Å². The number of hydrogen-bond donors (Lipinski definition) is 3. The molecule has 0 aliphatic carbocycles. The Kier molecular flexibility index (Phi) is 31.3. The van der Waals surface area contributed by atoms with Gasteiger partial charge in [-0.1, -0.05) is 0 Å². The van der Waals surface area contributed by atoms with Crippen molar-refractivity contribution in [3.8, 4) is 0 Å². The molecule has 0 radical (unpaired) electrons. The van der Waals surface area contributed by atoms with Crippen molar-refractivity contribution in [2.75, 3.05) is 0 Å². The van der Waals surface area contributed by atoms with E-state index < -0.39 is 17.9 Å². The van der Waals surface area contributed by atoms with E-state index in [1.165, 1.54) is 0 Å². The Morgan fingerprint density at radius 3 is 0.692 bits per heavy atom. The molecule has 0 saturated heterocycles. The summed E-state index contributed by atoms with van der Waals surface area (Å²) in [6, 6.07) is 0. The van der Waals surface area contributed by atoms with Crippen molar-refractivity contribution in [2.24, 2.45) is 0 Å². The number of rotatable bonds is 0. The van der Waals surface area contributed by atoms with Gasteiger partial charge in [-0.25, -0.2) is 0 Å². The van der Waals surface area contributed by atoms with Crippen LogP contribution in [0, 0.1) is 39.9 Å². The molecule has 0 fully saturated rings. The average Bonchev–Trinajstić information content (AvgIpc) is 1.54. The van der Waals surface area contributed by atoms with Gasteiger partial charge in [-0.15, -0.1) is 0 Å². The van der Waals surface area contributed by atoms with E-state index in [0.29, 0.717) is 0 Å². The van der Waals surface area contributed by atoms with E-state index in [1.807, 2.05) is 0 Å². The van der Waals surface area contributed by atoms with Crippen molar-refractivity contribution in [2.45, 2.75) is 20.8 Å². The molecule has 0 aromatic rings. The smallest absolute Gasteiger partial charge is 0.300 e. The SMILES string of the molecule is CC(=O)O.CC(=O)O.CC(=O)O.[Gd]. The summed E-state index contributed by atoms with van der Waals surface area (Å²) in [6.07, 6.45) is 0. The molecular formula is C6H12GdO6. The Morgan fingerprint density at radius 2 is 0.692 bits per heavy atom. The topological polar surface area (TPSA) is 112 Å². The van der Waals surface area contributed by atoms with Crippen LogP contribution in [0.3, 0.4) is 0 Å². The van der Waals surface area contributed by atoms with E-state index in [0.717, 1.165) is 20.8 Å². The number of carboxylic acid groups (broad SMARTS) is 3. The third-order valence-electron chi connectivity index (χ3n) is 0. The summed E-state index contributed by atoms with van der Waals surface area (Å²) in [5, 5.41) is 22.2. The van der Waals surface area contributed by atoms with E-state index in [-0.39, 0.29) is 39.9 Å². The molecule has 6 nitrogen and oxygen atoms in total. The maximum absolute atomic E-state index is 9.00. The summed E-state index contributed by atoms with van der Waals surface area (Å²) in [5.74, 6) is -2.50. The Hall–Kier alpha value is -0.265. The van der Waals surface area contributed by atoms with Gasteiger partial charge in [0.25, 0.3) is 17.9 Å². The Bertz CT molecular complexity index is 115. The van der Waals surface area contributed by atoms with Crippen LogP contribution in [-0.2, 0) is 14.4 Å². The third kappa shape index (κ3) is 15800. The molecular weight excluding hydrogens is 325 g/mol. The zero-order valence-electron chi connectivity index (χ0n) is 7.42. The van der Waals surface area contributed by atoms with Gasteiger partial charge in [0.05, 0.1) is 0 Å². The van der Waals surface area contributed by atoms with Gasteiger partial charge in [-0.3, -0.25) is 14.4 Å². The number of hydrogen-bond acceptors (Lipinski definition) is 3. The largest absolute Gasteiger partial charge is 0.481 e. The first-order valence-corrected chi connectivity index (χ1v) is 2.78. The molecule has 0 rings (SSSR count). The van der Waals surface area contributed by atoms with E-state index in [2.05, 4.69) is 0 Å². The molecule has 0 saturated carbocycles. The molecule has 3 N–H and O–H groups in total. The van der Waals surface area contributed by atoms with E-state index in [9.17, 15) is 0 Å². The summed E-state index contributed by atoms with van der Waals surface area (Å²) >= 11 is 0. The fourth-order valence-electron chi connectivity index (χ4n) is 0. The van der Waals surface area contributed by atoms with Crippen molar-refractivity contribution >= 4 is 17.9 Å². The number of carbonyl (C=O) groups is 3. The van der Waals surface area contributed by atoms with Gasteiger partial charge >= 0.3 is 0 Å². The molecule has 80 valence electrons. The van der Waals surface area contributed by atoms with Crippen LogP contribution in [0.15, 0.2) is 0 Å². The minimum Gasteiger partial charge on any atom is -0.481 e. The van der Waals surface area contributed by atoms with Crippen LogP contribution >= 0.6 is 0 Å². The summed E-state index contributed by atoms with van der Waals surface area (Å²) < 4.78 is 0. The zero-order valence-corrected chi connectivity index (χ0v) is 9.69. The molecule has 0 aromatic carbocycles.